The average molecular weight is 229 g/mol. The minimum absolute atomic E-state index is 0.0441. The molecule has 16 heavy (non-hydrogen) atoms. The fourth-order valence-electron chi connectivity index (χ4n) is 1.68. The Hall–Kier alpha value is -0.940. The normalized spacial score (nSPS) is 15.0. The molecule has 1 unspecified atom stereocenters. The second kappa shape index (κ2) is 5.96. The van der Waals surface area contributed by atoms with Crippen molar-refractivity contribution in [3.8, 4) is 0 Å². The summed E-state index contributed by atoms with van der Waals surface area (Å²) < 4.78 is 21.3. The maximum absolute atomic E-state index is 14.6. The fourth-order valence-corrected chi connectivity index (χ4v) is 1.68. The van der Waals surface area contributed by atoms with Crippen molar-refractivity contribution in [2.45, 2.75) is 32.0 Å². The highest BCUT2D eigenvalue weighted by molar-refractivity contribution is 5.15. The minimum atomic E-state index is -1.47. The van der Waals surface area contributed by atoms with Crippen molar-refractivity contribution < 1.29 is 9.13 Å². The van der Waals surface area contributed by atoms with Crippen molar-refractivity contribution in [3.63, 3.8) is 0 Å². The maximum Gasteiger partial charge on any atom is 0.162 e. The quantitative estimate of drug-likeness (QED) is 0.770. The van der Waals surface area contributed by atoms with Gasteiger partial charge in [0.15, 0.2) is 5.67 Å². The van der Waals surface area contributed by atoms with Gasteiger partial charge < -0.3 is 10.5 Å². The molecule has 0 fully saturated rings. The predicted molar refractivity (Wildman–Crippen MR) is 60.9 cm³/mol. The Bertz CT molecular complexity index is 316. The number of nitrogens with zero attached hydrogens (tertiary/aromatic N) is 2. The van der Waals surface area contributed by atoms with E-state index in [1.165, 1.54) is 7.11 Å². The van der Waals surface area contributed by atoms with E-state index in [0.717, 1.165) is 6.54 Å². The van der Waals surface area contributed by atoms with E-state index >= 15 is 0 Å². The molecule has 0 saturated heterocycles. The summed E-state index contributed by atoms with van der Waals surface area (Å²) in [6, 6.07) is 0. The molecule has 0 saturated carbocycles. The maximum atomic E-state index is 14.6. The lowest BCUT2D eigenvalue weighted by molar-refractivity contribution is 0.0303. The number of nitrogens with two attached hydrogens (primary N) is 1. The minimum Gasteiger partial charge on any atom is -0.381 e. The monoisotopic (exact) mass is 229 g/mol. The molecular weight excluding hydrogens is 209 g/mol. The molecule has 1 aromatic heterocycles. The number of aryl methyl sites for hydroxylation is 1. The topological polar surface area (TPSA) is 53.1 Å². The zero-order chi connectivity index (χ0) is 12.0. The third-order valence-electron chi connectivity index (χ3n) is 2.62. The van der Waals surface area contributed by atoms with Gasteiger partial charge in [-0.05, 0) is 26.3 Å². The Kier molecular flexibility index (Phi) is 4.89. The van der Waals surface area contributed by atoms with Gasteiger partial charge in [0.05, 0.1) is 12.8 Å². The van der Waals surface area contributed by atoms with Crippen LogP contribution in [-0.2, 0) is 17.0 Å². The van der Waals surface area contributed by atoms with Crippen LogP contribution in [0.2, 0.25) is 0 Å². The van der Waals surface area contributed by atoms with Crippen LogP contribution in [0.25, 0.3) is 0 Å². The van der Waals surface area contributed by atoms with Gasteiger partial charge in [-0.1, -0.05) is 0 Å². The van der Waals surface area contributed by atoms with Crippen molar-refractivity contribution >= 4 is 0 Å². The Morgan fingerprint density at radius 2 is 2.38 bits per heavy atom. The van der Waals surface area contributed by atoms with Gasteiger partial charge in [-0.25, -0.2) is 4.39 Å². The third-order valence-corrected chi connectivity index (χ3v) is 2.62. The number of halogens is 1. The van der Waals surface area contributed by atoms with Gasteiger partial charge in [0.25, 0.3) is 0 Å². The molecule has 0 spiro atoms. The van der Waals surface area contributed by atoms with Gasteiger partial charge in [0, 0.05) is 25.4 Å². The summed E-state index contributed by atoms with van der Waals surface area (Å²) in [4.78, 5) is 0. The van der Waals surface area contributed by atoms with E-state index in [9.17, 15) is 4.39 Å². The van der Waals surface area contributed by atoms with Gasteiger partial charge in [0.2, 0.25) is 0 Å². The van der Waals surface area contributed by atoms with E-state index in [1.807, 2.05) is 6.92 Å². The standard InChI is InChI=1S/C11H20FN3O/c1-3-15-8-10(7-14-15)11(12,9-16-2)5-4-6-13/h7-8H,3-6,9,13H2,1-2H3. The van der Waals surface area contributed by atoms with Crippen LogP contribution in [0.1, 0.15) is 25.3 Å². The first-order valence-electron chi connectivity index (χ1n) is 5.57. The van der Waals surface area contributed by atoms with Gasteiger partial charge >= 0.3 is 0 Å². The average Bonchev–Trinajstić information content (AvgIpc) is 2.76. The van der Waals surface area contributed by atoms with Crippen molar-refractivity contribution in [3.05, 3.63) is 18.0 Å². The molecular formula is C11H20FN3O. The molecule has 0 aromatic carbocycles. The first kappa shape index (κ1) is 13.1. The van der Waals surface area contributed by atoms with E-state index in [1.54, 1.807) is 17.1 Å². The number of methoxy groups -OCH3 is 1. The van der Waals surface area contributed by atoms with Crippen LogP contribution in [0.4, 0.5) is 4.39 Å². The van der Waals surface area contributed by atoms with Gasteiger partial charge in [-0.2, -0.15) is 5.10 Å². The summed E-state index contributed by atoms with van der Waals surface area (Å²) in [6.45, 7) is 3.23. The summed E-state index contributed by atoms with van der Waals surface area (Å²) in [5.74, 6) is 0. The van der Waals surface area contributed by atoms with Gasteiger partial charge in [-0.15, -0.1) is 0 Å². The van der Waals surface area contributed by atoms with E-state index in [4.69, 9.17) is 10.5 Å². The Morgan fingerprint density at radius 3 is 2.88 bits per heavy atom. The highest BCUT2D eigenvalue weighted by Crippen LogP contribution is 2.31. The van der Waals surface area contributed by atoms with E-state index in [2.05, 4.69) is 5.10 Å². The van der Waals surface area contributed by atoms with Crippen molar-refractivity contribution in [2.75, 3.05) is 20.3 Å². The fraction of sp³-hybridized carbons (Fsp3) is 0.727. The summed E-state index contributed by atoms with van der Waals surface area (Å²) in [7, 11) is 1.50. The van der Waals surface area contributed by atoms with Crippen LogP contribution in [-0.4, -0.2) is 30.0 Å². The van der Waals surface area contributed by atoms with E-state index in [-0.39, 0.29) is 6.61 Å². The molecule has 1 atom stereocenters. The summed E-state index contributed by atoms with van der Waals surface area (Å²) in [5, 5.41) is 4.08. The third kappa shape index (κ3) is 3.02. The number of hydrogen-bond donors (Lipinski definition) is 1. The Balaban J connectivity index is 2.82. The van der Waals surface area contributed by atoms with Crippen LogP contribution in [0.5, 0.6) is 0 Å². The highest BCUT2D eigenvalue weighted by atomic mass is 19.1. The van der Waals surface area contributed by atoms with E-state index in [0.29, 0.717) is 24.9 Å². The molecule has 0 aliphatic rings. The number of ether oxygens (including phenoxy) is 1. The molecule has 0 aliphatic heterocycles. The lowest BCUT2D eigenvalue weighted by Gasteiger charge is -2.23. The zero-order valence-electron chi connectivity index (χ0n) is 9.95. The molecule has 1 heterocycles. The van der Waals surface area contributed by atoms with E-state index < -0.39 is 5.67 Å². The van der Waals surface area contributed by atoms with Crippen LogP contribution >= 0.6 is 0 Å². The molecule has 0 bridgehead atoms. The first-order chi connectivity index (χ1) is 7.66. The SMILES string of the molecule is CCn1cc(C(F)(CCCN)COC)cn1. The largest absolute Gasteiger partial charge is 0.381 e. The molecule has 0 aliphatic carbocycles. The Labute approximate surface area is 95.6 Å². The summed E-state index contributed by atoms with van der Waals surface area (Å²) >= 11 is 0. The molecule has 2 N–H and O–H groups in total. The molecule has 5 heteroatoms. The van der Waals surface area contributed by atoms with Crippen molar-refractivity contribution in [1.82, 2.24) is 9.78 Å². The number of aromatic nitrogens is 2. The summed E-state index contributed by atoms with van der Waals surface area (Å²) in [6.07, 6.45) is 4.30. The van der Waals surface area contributed by atoms with Crippen molar-refractivity contribution in [1.29, 1.82) is 0 Å². The van der Waals surface area contributed by atoms with Gasteiger partial charge in [0.1, 0.15) is 0 Å². The van der Waals surface area contributed by atoms with Crippen LogP contribution < -0.4 is 5.73 Å². The molecule has 0 radical (unpaired) electrons. The number of rotatable bonds is 7. The molecule has 92 valence electrons. The lowest BCUT2D eigenvalue weighted by Crippen LogP contribution is -2.26. The Morgan fingerprint density at radius 1 is 1.62 bits per heavy atom. The van der Waals surface area contributed by atoms with Crippen LogP contribution in [0.3, 0.4) is 0 Å². The summed E-state index contributed by atoms with van der Waals surface area (Å²) in [5.41, 5.74) is 4.52. The predicted octanol–water partition coefficient (Wildman–Crippen LogP) is 1.45. The molecule has 0 amide bonds. The van der Waals surface area contributed by atoms with Crippen molar-refractivity contribution in [2.24, 2.45) is 5.73 Å². The number of alkyl halides is 1. The van der Waals surface area contributed by atoms with Crippen LogP contribution in [0.15, 0.2) is 12.4 Å². The van der Waals surface area contributed by atoms with Crippen LogP contribution in [0, 0.1) is 0 Å². The number of hydrogen-bond acceptors (Lipinski definition) is 3. The molecule has 1 aromatic rings. The second-order valence-electron chi connectivity index (χ2n) is 3.88. The lowest BCUT2D eigenvalue weighted by atomic mass is 9.94. The van der Waals surface area contributed by atoms with Gasteiger partial charge in [-0.3, -0.25) is 4.68 Å². The molecule has 1 rings (SSSR count). The molecule has 4 nitrogen and oxygen atoms in total. The smallest absolute Gasteiger partial charge is 0.162 e. The second-order valence-corrected chi connectivity index (χ2v) is 3.88. The first-order valence-corrected chi connectivity index (χ1v) is 5.57. The highest BCUT2D eigenvalue weighted by Gasteiger charge is 2.32. The zero-order valence-corrected chi connectivity index (χ0v) is 9.95.